The lowest BCUT2D eigenvalue weighted by Gasteiger charge is -2.10. The second-order valence-corrected chi connectivity index (χ2v) is 6.19. The van der Waals surface area contributed by atoms with Gasteiger partial charge in [0.25, 0.3) is 5.91 Å². The minimum absolute atomic E-state index is 0.0730. The number of hydrogen-bond acceptors (Lipinski definition) is 1. The van der Waals surface area contributed by atoms with Crippen LogP contribution in [-0.2, 0) is 0 Å². The summed E-state index contributed by atoms with van der Waals surface area (Å²) < 4.78 is 1.16. The van der Waals surface area contributed by atoms with Crippen LogP contribution >= 0.6 is 22.6 Å². The summed E-state index contributed by atoms with van der Waals surface area (Å²) in [6, 6.07) is 19.7. The van der Waals surface area contributed by atoms with Crippen molar-refractivity contribution in [2.45, 2.75) is 6.92 Å². The van der Waals surface area contributed by atoms with E-state index in [-0.39, 0.29) is 5.91 Å². The van der Waals surface area contributed by atoms with Gasteiger partial charge in [-0.2, -0.15) is 0 Å². The normalized spacial score (nSPS) is 10.6. The van der Waals surface area contributed by atoms with E-state index < -0.39 is 0 Å². The molecular formula is C18H14INO. The molecule has 0 fully saturated rings. The van der Waals surface area contributed by atoms with E-state index >= 15 is 0 Å². The van der Waals surface area contributed by atoms with Crippen molar-refractivity contribution in [1.29, 1.82) is 0 Å². The number of anilines is 1. The molecule has 104 valence electrons. The summed E-state index contributed by atoms with van der Waals surface area (Å²) in [5.41, 5.74) is 2.62. The van der Waals surface area contributed by atoms with E-state index in [0.717, 1.165) is 25.6 Å². The number of nitrogens with one attached hydrogen (secondary N) is 1. The molecule has 0 bridgehead atoms. The van der Waals surface area contributed by atoms with E-state index in [1.54, 1.807) is 0 Å². The SMILES string of the molecule is Cc1cc(I)ccc1NC(=O)c1cccc2ccccc12. The first-order valence-corrected chi connectivity index (χ1v) is 7.78. The monoisotopic (exact) mass is 387 g/mol. The van der Waals surface area contributed by atoms with Crippen LogP contribution in [0.3, 0.4) is 0 Å². The number of rotatable bonds is 2. The Morgan fingerprint density at radius 3 is 2.57 bits per heavy atom. The van der Waals surface area contributed by atoms with Gasteiger partial charge in [0.05, 0.1) is 0 Å². The molecule has 0 radical (unpaired) electrons. The van der Waals surface area contributed by atoms with Crippen molar-refractivity contribution in [3.63, 3.8) is 0 Å². The predicted octanol–water partition coefficient (Wildman–Crippen LogP) is 5.01. The third kappa shape index (κ3) is 2.93. The van der Waals surface area contributed by atoms with Gasteiger partial charge in [0.1, 0.15) is 0 Å². The summed E-state index contributed by atoms with van der Waals surface area (Å²) in [5.74, 6) is -0.0730. The standard InChI is InChI=1S/C18H14INO/c1-12-11-14(19)9-10-17(12)20-18(21)16-8-4-6-13-5-2-3-7-15(13)16/h2-11H,1H3,(H,20,21). The third-order valence-corrected chi connectivity index (χ3v) is 4.14. The minimum Gasteiger partial charge on any atom is -0.322 e. The second-order valence-electron chi connectivity index (χ2n) is 4.94. The van der Waals surface area contributed by atoms with Crippen LogP contribution in [0.25, 0.3) is 10.8 Å². The maximum Gasteiger partial charge on any atom is 0.256 e. The number of benzene rings is 3. The fourth-order valence-electron chi connectivity index (χ4n) is 2.38. The average Bonchev–Trinajstić information content (AvgIpc) is 2.49. The van der Waals surface area contributed by atoms with Crippen LogP contribution < -0.4 is 5.32 Å². The zero-order valence-corrected chi connectivity index (χ0v) is 13.7. The van der Waals surface area contributed by atoms with E-state index in [4.69, 9.17) is 0 Å². The Morgan fingerprint density at radius 1 is 1.00 bits per heavy atom. The van der Waals surface area contributed by atoms with Gasteiger partial charge < -0.3 is 5.32 Å². The maximum absolute atomic E-state index is 12.6. The van der Waals surface area contributed by atoms with E-state index in [2.05, 4.69) is 34.0 Å². The summed E-state index contributed by atoms with van der Waals surface area (Å²) in [7, 11) is 0. The second kappa shape index (κ2) is 5.85. The number of halogens is 1. The van der Waals surface area contributed by atoms with Gasteiger partial charge >= 0.3 is 0 Å². The number of amides is 1. The molecule has 21 heavy (non-hydrogen) atoms. The fraction of sp³-hybridized carbons (Fsp3) is 0.0556. The highest BCUT2D eigenvalue weighted by atomic mass is 127. The summed E-state index contributed by atoms with van der Waals surface area (Å²) >= 11 is 2.27. The minimum atomic E-state index is -0.0730. The van der Waals surface area contributed by atoms with Gasteiger partial charge in [-0.15, -0.1) is 0 Å². The van der Waals surface area contributed by atoms with Crippen LogP contribution in [0.5, 0.6) is 0 Å². The Morgan fingerprint density at radius 2 is 1.76 bits per heavy atom. The number of carbonyl (C=O) groups excluding carboxylic acids is 1. The lowest BCUT2D eigenvalue weighted by atomic mass is 10.0. The molecule has 0 unspecified atom stereocenters. The van der Waals surface area contributed by atoms with Gasteiger partial charge in [-0.1, -0.05) is 36.4 Å². The van der Waals surface area contributed by atoms with Crippen molar-refractivity contribution in [3.8, 4) is 0 Å². The van der Waals surface area contributed by atoms with Crippen LogP contribution in [0.15, 0.2) is 60.7 Å². The van der Waals surface area contributed by atoms with Gasteiger partial charge in [-0.05, 0) is 70.1 Å². The highest BCUT2D eigenvalue weighted by Gasteiger charge is 2.11. The highest BCUT2D eigenvalue weighted by molar-refractivity contribution is 14.1. The zero-order valence-electron chi connectivity index (χ0n) is 11.6. The number of fused-ring (bicyclic) bond motifs is 1. The molecule has 1 N–H and O–H groups in total. The predicted molar refractivity (Wildman–Crippen MR) is 95.8 cm³/mol. The maximum atomic E-state index is 12.6. The molecule has 3 rings (SSSR count). The number of hydrogen-bond donors (Lipinski definition) is 1. The van der Waals surface area contributed by atoms with Crippen LogP contribution in [0, 0.1) is 10.5 Å². The lowest BCUT2D eigenvalue weighted by molar-refractivity contribution is 0.102. The average molecular weight is 387 g/mol. The Bertz CT molecular complexity index is 821. The lowest BCUT2D eigenvalue weighted by Crippen LogP contribution is -2.13. The fourth-order valence-corrected chi connectivity index (χ4v) is 3.03. The Kier molecular flexibility index (Phi) is 3.92. The summed E-state index contributed by atoms with van der Waals surface area (Å²) in [6.45, 7) is 2.00. The molecular weight excluding hydrogens is 373 g/mol. The van der Waals surface area contributed by atoms with Crippen molar-refractivity contribution < 1.29 is 4.79 Å². The molecule has 3 aromatic carbocycles. The summed E-state index contributed by atoms with van der Waals surface area (Å²) in [5, 5.41) is 5.05. The first-order chi connectivity index (χ1) is 10.1. The Labute approximate surface area is 137 Å². The molecule has 0 saturated heterocycles. The number of carbonyl (C=O) groups is 1. The smallest absolute Gasteiger partial charge is 0.256 e. The molecule has 0 aliphatic carbocycles. The molecule has 0 saturated carbocycles. The van der Waals surface area contributed by atoms with Gasteiger partial charge in [0.2, 0.25) is 0 Å². The molecule has 2 nitrogen and oxygen atoms in total. The molecule has 0 aliphatic heterocycles. The number of aryl methyl sites for hydroxylation is 1. The first kappa shape index (κ1) is 14.1. The van der Waals surface area contributed by atoms with Gasteiger partial charge in [-0.25, -0.2) is 0 Å². The molecule has 0 spiro atoms. The third-order valence-electron chi connectivity index (χ3n) is 3.47. The van der Waals surface area contributed by atoms with Gasteiger partial charge in [0.15, 0.2) is 0 Å². The molecule has 0 atom stereocenters. The molecule has 0 heterocycles. The van der Waals surface area contributed by atoms with Crippen molar-refractivity contribution in [1.82, 2.24) is 0 Å². The molecule has 1 amide bonds. The van der Waals surface area contributed by atoms with Crippen molar-refractivity contribution in [2.24, 2.45) is 0 Å². The molecule has 0 aliphatic rings. The van der Waals surface area contributed by atoms with Crippen LogP contribution in [-0.4, -0.2) is 5.91 Å². The Hall–Kier alpha value is -1.88. The van der Waals surface area contributed by atoms with Gasteiger partial charge in [-0.3, -0.25) is 4.79 Å². The van der Waals surface area contributed by atoms with Crippen LogP contribution in [0.4, 0.5) is 5.69 Å². The van der Waals surface area contributed by atoms with Crippen molar-refractivity contribution >= 4 is 45.0 Å². The van der Waals surface area contributed by atoms with Crippen LogP contribution in [0.2, 0.25) is 0 Å². The largest absolute Gasteiger partial charge is 0.322 e. The van der Waals surface area contributed by atoms with Crippen molar-refractivity contribution in [3.05, 3.63) is 75.4 Å². The molecule has 0 aromatic heterocycles. The topological polar surface area (TPSA) is 29.1 Å². The van der Waals surface area contributed by atoms with Crippen LogP contribution in [0.1, 0.15) is 15.9 Å². The molecule has 3 aromatic rings. The first-order valence-electron chi connectivity index (χ1n) is 6.70. The van der Waals surface area contributed by atoms with E-state index in [9.17, 15) is 4.79 Å². The quantitative estimate of drug-likeness (QED) is 0.616. The highest BCUT2D eigenvalue weighted by Crippen LogP contribution is 2.22. The zero-order chi connectivity index (χ0) is 14.8. The van der Waals surface area contributed by atoms with Gasteiger partial charge in [0, 0.05) is 14.8 Å². The summed E-state index contributed by atoms with van der Waals surface area (Å²) in [4.78, 5) is 12.6. The van der Waals surface area contributed by atoms with E-state index in [0.29, 0.717) is 5.56 Å². The van der Waals surface area contributed by atoms with Crippen molar-refractivity contribution in [2.75, 3.05) is 5.32 Å². The Balaban J connectivity index is 1.97. The van der Waals surface area contributed by atoms with E-state index in [1.807, 2.05) is 61.5 Å². The summed E-state index contributed by atoms with van der Waals surface area (Å²) in [6.07, 6.45) is 0. The van der Waals surface area contributed by atoms with E-state index in [1.165, 1.54) is 0 Å². The molecule has 3 heteroatoms.